The molecule has 1 heterocycles. The van der Waals surface area contributed by atoms with Gasteiger partial charge in [-0.1, -0.05) is 24.3 Å². The molecule has 1 fully saturated rings. The van der Waals surface area contributed by atoms with Crippen LogP contribution < -0.4 is 5.32 Å². The van der Waals surface area contributed by atoms with Gasteiger partial charge >= 0.3 is 12.0 Å². The lowest BCUT2D eigenvalue weighted by Gasteiger charge is -2.11. The molecule has 1 aliphatic rings. The fraction of sp³-hybridized carbons (Fsp3) is 0.267. The molecule has 21 heavy (non-hydrogen) atoms. The lowest BCUT2D eigenvalue weighted by Crippen LogP contribution is -2.37. The molecular weight excluding hydrogens is 272 g/mol. The van der Waals surface area contributed by atoms with Gasteiger partial charge in [0.2, 0.25) is 0 Å². The number of amides is 3. The maximum Gasteiger partial charge on any atom is 0.331 e. The summed E-state index contributed by atoms with van der Waals surface area (Å²) in [6, 6.07) is 7.13. The second-order valence-electron chi connectivity index (χ2n) is 4.57. The Balaban J connectivity index is 1.84. The molecule has 0 bridgehead atoms. The van der Waals surface area contributed by atoms with Crippen LogP contribution in [-0.2, 0) is 14.3 Å². The number of hydrogen-bond acceptors (Lipinski definition) is 4. The number of nitrogens with one attached hydrogen (secondary N) is 1. The van der Waals surface area contributed by atoms with Crippen LogP contribution in [0.25, 0.3) is 6.08 Å². The number of imide groups is 1. The minimum absolute atomic E-state index is 0.300. The molecule has 0 spiro atoms. The highest BCUT2D eigenvalue weighted by Crippen LogP contribution is 2.08. The number of carbonyl (C=O) groups is 3. The van der Waals surface area contributed by atoms with Gasteiger partial charge in [-0.05, 0) is 24.1 Å². The van der Waals surface area contributed by atoms with E-state index in [0.717, 1.165) is 16.0 Å². The van der Waals surface area contributed by atoms with Crippen molar-refractivity contribution in [3.8, 4) is 0 Å². The van der Waals surface area contributed by atoms with Gasteiger partial charge < -0.3 is 10.1 Å². The van der Waals surface area contributed by atoms with Crippen LogP contribution in [0.5, 0.6) is 0 Å². The van der Waals surface area contributed by atoms with E-state index < -0.39 is 24.5 Å². The second kappa shape index (κ2) is 6.69. The molecule has 0 unspecified atom stereocenters. The molecule has 1 aromatic rings. The van der Waals surface area contributed by atoms with Crippen molar-refractivity contribution in [2.45, 2.75) is 6.92 Å². The number of carbonyl (C=O) groups excluding carboxylic acids is 3. The lowest BCUT2D eigenvalue weighted by molar-refractivity contribution is -0.146. The van der Waals surface area contributed by atoms with E-state index in [2.05, 4.69) is 5.32 Å². The molecule has 6 heteroatoms. The van der Waals surface area contributed by atoms with E-state index in [1.54, 1.807) is 6.08 Å². The average Bonchev–Trinajstić information content (AvgIpc) is 2.90. The first-order valence-electron chi connectivity index (χ1n) is 6.56. The molecule has 0 saturated carbocycles. The highest BCUT2D eigenvalue weighted by Gasteiger charge is 2.26. The summed E-state index contributed by atoms with van der Waals surface area (Å²) >= 11 is 0. The van der Waals surface area contributed by atoms with Crippen molar-refractivity contribution >= 4 is 24.0 Å². The van der Waals surface area contributed by atoms with Gasteiger partial charge in [0, 0.05) is 19.2 Å². The number of nitrogens with zero attached hydrogens (tertiary/aromatic N) is 1. The number of hydrogen-bond donors (Lipinski definition) is 1. The topological polar surface area (TPSA) is 75.7 Å². The zero-order valence-corrected chi connectivity index (χ0v) is 11.7. The fourth-order valence-electron chi connectivity index (χ4n) is 1.90. The maximum atomic E-state index is 11.7. The summed E-state index contributed by atoms with van der Waals surface area (Å²) in [5.74, 6) is -1.14. The second-order valence-corrected chi connectivity index (χ2v) is 4.57. The zero-order chi connectivity index (χ0) is 15.2. The summed E-state index contributed by atoms with van der Waals surface area (Å²) in [6.07, 6.45) is 2.89. The highest BCUT2D eigenvalue weighted by atomic mass is 16.5. The van der Waals surface area contributed by atoms with Crippen LogP contribution in [0, 0.1) is 6.92 Å². The Bertz CT molecular complexity index is 595. The molecule has 0 aromatic heterocycles. The maximum absolute atomic E-state index is 11.7. The fourth-order valence-corrected chi connectivity index (χ4v) is 1.90. The molecule has 6 nitrogen and oxygen atoms in total. The van der Waals surface area contributed by atoms with Crippen LogP contribution in [-0.4, -0.2) is 42.5 Å². The molecule has 110 valence electrons. The monoisotopic (exact) mass is 288 g/mol. The van der Waals surface area contributed by atoms with E-state index in [0.29, 0.717) is 13.1 Å². The van der Waals surface area contributed by atoms with Gasteiger partial charge in [0.25, 0.3) is 5.91 Å². The number of benzene rings is 1. The molecule has 1 aromatic carbocycles. The Morgan fingerprint density at radius 1 is 1.38 bits per heavy atom. The van der Waals surface area contributed by atoms with Crippen molar-refractivity contribution in [1.82, 2.24) is 10.2 Å². The summed E-state index contributed by atoms with van der Waals surface area (Å²) in [7, 11) is 0. The van der Waals surface area contributed by atoms with Crippen LogP contribution in [0.2, 0.25) is 0 Å². The molecule has 0 radical (unpaired) electrons. The quantitative estimate of drug-likeness (QED) is 0.665. The number of aryl methyl sites for hydroxylation is 1. The lowest BCUT2D eigenvalue weighted by atomic mass is 10.1. The van der Waals surface area contributed by atoms with E-state index in [-0.39, 0.29) is 0 Å². The predicted octanol–water partition coefficient (Wildman–Crippen LogP) is 1.10. The third kappa shape index (κ3) is 3.92. The normalized spacial score (nSPS) is 14.3. The third-order valence-electron chi connectivity index (χ3n) is 3.08. The van der Waals surface area contributed by atoms with E-state index in [9.17, 15) is 14.4 Å². The van der Waals surface area contributed by atoms with Crippen LogP contribution in [0.3, 0.4) is 0 Å². The first kappa shape index (κ1) is 14.8. The Labute approximate surface area is 122 Å². The van der Waals surface area contributed by atoms with Crippen molar-refractivity contribution in [2.75, 3.05) is 19.7 Å². The molecular formula is C15H16N2O4. The van der Waals surface area contributed by atoms with Crippen LogP contribution >= 0.6 is 0 Å². The third-order valence-corrected chi connectivity index (χ3v) is 3.08. The van der Waals surface area contributed by atoms with E-state index in [4.69, 9.17) is 4.74 Å². The molecule has 0 atom stereocenters. The van der Waals surface area contributed by atoms with Crippen molar-refractivity contribution in [3.63, 3.8) is 0 Å². The molecule has 3 amide bonds. The largest absolute Gasteiger partial charge is 0.452 e. The van der Waals surface area contributed by atoms with Gasteiger partial charge in [0.1, 0.15) is 0 Å². The Hall–Kier alpha value is -2.63. The molecule has 2 rings (SSSR count). The van der Waals surface area contributed by atoms with E-state index in [1.165, 1.54) is 6.08 Å². The highest BCUT2D eigenvalue weighted by molar-refractivity contribution is 5.97. The van der Waals surface area contributed by atoms with Gasteiger partial charge in [-0.3, -0.25) is 9.69 Å². The summed E-state index contributed by atoms with van der Waals surface area (Å²) in [6.45, 7) is 2.21. The van der Waals surface area contributed by atoms with Gasteiger partial charge in [-0.2, -0.15) is 0 Å². The van der Waals surface area contributed by atoms with Crippen molar-refractivity contribution in [3.05, 3.63) is 41.5 Å². The minimum Gasteiger partial charge on any atom is -0.452 e. The first-order chi connectivity index (χ1) is 10.1. The predicted molar refractivity (Wildman–Crippen MR) is 76.3 cm³/mol. The SMILES string of the molecule is Cc1ccccc1/C=C/C(=O)OCC(=O)N1CCNC1=O. The Morgan fingerprint density at radius 3 is 2.81 bits per heavy atom. The number of ether oxygens (including phenoxy) is 1. The van der Waals surface area contributed by atoms with Gasteiger partial charge in [0.15, 0.2) is 6.61 Å². The summed E-state index contributed by atoms with van der Waals surface area (Å²) in [5, 5.41) is 2.50. The first-order valence-corrected chi connectivity index (χ1v) is 6.56. The molecule has 1 N–H and O–H groups in total. The van der Waals surface area contributed by atoms with Crippen molar-refractivity contribution in [2.24, 2.45) is 0 Å². The number of rotatable bonds is 4. The van der Waals surface area contributed by atoms with E-state index in [1.807, 2.05) is 31.2 Å². The average molecular weight is 288 g/mol. The number of urea groups is 1. The minimum atomic E-state index is -0.619. The van der Waals surface area contributed by atoms with Gasteiger partial charge in [-0.25, -0.2) is 9.59 Å². The zero-order valence-electron chi connectivity index (χ0n) is 11.7. The summed E-state index contributed by atoms with van der Waals surface area (Å²) in [4.78, 5) is 35.5. The van der Waals surface area contributed by atoms with Crippen LogP contribution in [0.1, 0.15) is 11.1 Å². The summed E-state index contributed by atoms with van der Waals surface area (Å²) in [5.41, 5.74) is 1.94. The Kier molecular flexibility index (Phi) is 4.71. The standard InChI is InChI=1S/C15H16N2O4/c1-11-4-2-3-5-12(11)6-7-14(19)21-10-13(18)17-9-8-16-15(17)20/h2-7H,8-10H2,1H3,(H,16,20)/b7-6+. The van der Waals surface area contributed by atoms with Crippen molar-refractivity contribution in [1.29, 1.82) is 0 Å². The van der Waals surface area contributed by atoms with Gasteiger partial charge in [0.05, 0.1) is 0 Å². The smallest absolute Gasteiger partial charge is 0.331 e. The van der Waals surface area contributed by atoms with Gasteiger partial charge in [-0.15, -0.1) is 0 Å². The van der Waals surface area contributed by atoms with Crippen molar-refractivity contribution < 1.29 is 19.1 Å². The van der Waals surface area contributed by atoms with Crippen LogP contribution in [0.4, 0.5) is 4.79 Å². The molecule has 1 saturated heterocycles. The van der Waals surface area contributed by atoms with E-state index >= 15 is 0 Å². The molecule has 0 aliphatic carbocycles. The Morgan fingerprint density at radius 2 is 2.14 bits per heavy atom. The number of esters is 1. The molecule has 1 aliphatic heterocycles. The summed E-state index contributed by atoms with van der Waals surface area (Å²) < 4.78 is 4.83. The van der Waals surface area contributed by atoms with Crippen LogP contribution in [0.15, 0.2) is 30.3 Å².